The molecule has 166 valence electrons. The number of hydrogen-bond donors (Lipinski definition) is 0. The maximum atomic E-state index is 13.7. The summed E-state index contributed by atoms with van der Waals surface area (Å²) in [5, 5.41) is 3.64. The van der Waals surface area contributed by atoms with Crippen LogP contribution in [0.3, 0.4) is 0 Å². The molecule has 0 bridgehead atoms. The van der Waals surface area contributed by atoms with Crippen molar-refractivity contribution in [3.8, 4) is 0 Å². The fourth-order valence-corrected chi connectivity index (χ4v) is 4.82. The van der Waals surface area contributed by atoms with E-state index in [0.717, 1.165) is 24.3 Å². The van der Waals surface area contributed by atoms with Crippen LogP contribution in [0.2, 0.25) is 5.02 Å². The zero-order valence-corrected chi connectivity index (χ0v) is 16.8. The fourth-order valence-electron chi connectivity index (χ4n) is 3.29. The van der Waals surface area contributed by atoms with E-state index in [2.05, 4.69) is 5.10 Å². The smallest absolute Gasteiger partial charge is 0.329 e. The highest BCUT2D eigenvalue weighted by atomic mass is 35.5. The third kappa shape index (κ3) is 3.41. The van der Waals surface area contributed by atoms with Crippen molar-refractivity contribution in [1.29, 1.82) is 0 Å². The van der Waals surface area contributed by atoms with Crippen molar-refractivity contribution in [3.05, 3.63) is 53.1 Å². The van der Waals surface area contributed by atoms with Crippen LogP contribution >= 0.6 is 11.6 Å². The first kappa shape index (κ1) is 21.8. The predicted octanol–water partition coefficient (Wildman–Crippen LogP) is 4.95. The Balaban J connectivity index is 1.88. The summed E-state index contributed by atoms with van der Waals surface area (Å²) >= 11 is 6.11. The second-order valence-corrected chi connectivity index (χ2v) is 9.11. The predicted molar refractivity (Wildman–Crippen MR) is 101 cm³/mol. The maximum absolute atomic E-state index is 13.7. The Hall–Kier alpha value is -2.47. The molecule has 0 amide bonds. The van der Waals surface area contributed by atoms with E-state index in [1.807, 2.05) is 0 Å². The molecule has 0 aliphatic carbocycles. The van der Waals surface area contributed by atoms with Crippen LogP contribution in [0.5, 0.6) is 0 Å². The lowest BCUT2D eigenvalue weighted by molar-refractivity contribution is -0.172. The molecule has 1 aliphatic heterocycles. The first-order valence-corrected chi connectivity index (χ1v) is 10.5. The lowest BCUT2D eigenvalue weighted by Gasteiger charge is -2.14. The molecule has 0 N–H and O–H groups in total. The molecule has 13 heteroatoms. The van der Waals surface area contributed by atoms with E-state index < -0.39 is 57.7 Å². The van der Waals surface area contributed by atoms with Gasteiger partial charge in [0.1, 0.15) is 0 Å². The molecule has 0 spiro atoms. The SMILES string of the molecule is O=S(=O)(c1ccc(C(F)F)cc1)n1nc(N2CC(F)(F)C(F)(F)C2)c2c(Cl)cccc21. The minimum absolute atomic E-state index is 0.0828. The molecule has 5 nitrogen and oxygen atoms in total. The Morgan fingerprint density at radius 1 is 0.968 bits per heavy atom. The van der Waals surface area contributed by atoms with E-state index in [-0.39, 0.29) is 15.9 Å². The topological polar surface area (TPSA) is 55.2 Å². The summed E-state index contributed by atoms with van der Waals surface area (Å²) in [5.41, 5.74) is -0.548. The summed E-state index contributed by atoms with van der Waals surface area (Å²) in [5.74, 6) is -9.16. The number of fused-ring (bicyclic) bond motifs is 1. The van der Waals surface area contributed by atoms with Gasteiger partial charge in [-0.05, 0) is 24.3 Å². The molecule has 0 unspecified atom stereocenters. The second kappa shape index (κ2) is 7.02. The molecule has 1 aliphatic rings. The highest BCUT2D eigenvalue weighted by Gasteiger charge is 2.63. The van der Waals surface area contributed by atoms with E-state index in [1.165, 1.54) is 18.2 Å². The summed E-state index contributed by atoms with van der Waals surface area (Å²) in [6, 6.07) is 7.68. The van der Waals surface area contributed by atoms with Gasteiger partial charge in [-0.3, -0.25) is 0 Å². The fraction of sp³-hybridized carbons (Fsp3) is 0.278. The van der Waals surface area contributed by atoms with Gasteiger partial charge in [-0.15, -0.1) is 5.10 Å². The molecular formula is C18H12ClF6N3O2S. The first-order valence-electron chi connectivity index (χ1n) is 8.67. The summed E-state index contributed by atoms with van der Waals surface area (Å²) in [6.45, 7) is -2.78. The third-order valence-electron chi connectivity index (χ3n) is 4.88. The number of nitrogens with zero attached hydrogens (tertiary/aromatic N) is 3. The Morgan fingerprint density at radius 2 is 1.55 bits per heavy atom. The number of alkyl halides is 6. The highest BCUT2D eigenvalue weighted by molar-refractivity contribution is 7.90. The summed E-state index contributed by atoms with van der Waals surface area (Å²) in [6.07, 6.45) is -2.81. The van der Waals surface area contributed by atoms with Gasteiger partial charge < -0.3 is 4.90 Å². The van der Waals surface area contributed by atoms with E-state index in [9.17, 15) is 34.8 Å². The molecule has 2 aromatic carbocycles. The van der Waals surface area contributed by atoms with Crippen LogP contribution in [0.15, 0.2) is 47.4 Å². The standard InChI is InChI=1S/C18H12ClF6N3O2S/c19-12-2-1-3-13-14(12)16(27-8-17(22,23)18(24,25)9-27)26-28(13)31(29,30)11-6-4-10(5-7-11)15(20)21/h1-7,15H,8-9H2. The van der Waals surface area contributed by atoms with E-state index in [1.54, 1.807) is 0 Å². The molecule has 0 saturated carbocycles. The molecule has 0 radical (unpaired) electrons. The summed E-state index contributed by atoms with van der Waals surface area (Å²) in [4.78, 5) is 0.157. The van der Waals surface area contributed by atoms with Crippen LogP contribution in [-0.4, -0.2) is 42.5 Å². The largest absolute Gasteiger partial charge is 0.342 e. The number of halogens is 7. The van der Waals surface area contributed by atoms with E-state index >= 15 is 0 Å². The normalized spacial score (nSPS) is 18.3. The van der Waals surface area contributed by atoms with Gasteiger partial charge in [-0.1, -0.05) is 29.8 Å². The van der Waals surface area contributed by atoms with Crippen molar-refractivity contribution in [1.82, 2.24) is 9.19 Å². The number of benzene rings is 2. The van der Waals surface area contributed by atoms with Gasteiger partial charge in [0.15, 0.2) is 5.82 Å². The van der Waals surface area contributed by atoms with E-state index in [4.69, 9.17) is 11.6 Å². The Morgan fingerprint density at radius 3 is 2.10 bits per heavy atom. The molecule has 31 heavy (non-hydrogen) atoms. The lowest BCUT2D eigenvalue weighted by atomic mass is 10.2. The number of aromatic nitrogens is 2. The van der Waals surface area contributed by atoms with Gasteiger partial charge >= 0.3 is 11.8 Å². The maximum Gasteiger partial charge on any atom is 0.329 e. The van der Waals surface area contributed by atoms with Crippen LogP contribution in [0, 0.1) is 0 Å². The Bertz CT molecular complexity index is 1250. The van der Waals surface area contributed by atoms with Gasteiger partial charge in [0, 0.05) is 5.56 Å². The van der Waals surface area contributed by atoms with Crippen LogP contribution < -0.4 is 4.90 Å². The second-order valence-electron chi connectivity index (χ2n) is 6.94. The average Bonchev–Trinajstić information content (AvgIpc) is 3.18. The van der Waals surface area contributed by atoms with Crippen molar-refractivity contribution in [2.24, 2.45) is 0 Å². The van der Waals surface area contributed by atoms with Gasteiger partial charge in [-0.25, -0.2) is 8.78 Å². The molecule has 1 saturated heterocycles. The zero-order valence-electron chi connectivity index (χ0n) is 15.2. The summed E-state index contributed by atoms with van der Waals surface area (Å²) < 4.78 is 107. The quantitative estimate of drug-likeness (QED) is 0.493. The van der Waals surface area contributed by atoms with Gasteiger partial charge in [-0.2, -0.15) is 30.1 Å². The monoisotopic (exact) mass is 483 g/mol. The van der Waals surface area contributed by atoms with Crippen LogP contribution in [-0.2, 0) is 10.0 Å². The molecule has 0 atom stereocenters. The van der Waals surface area contributed by atoms with Crippen LogP contribution in [0.25, 0.3) is 10.9 Å². The number of anilines is 1. The average molecular weight is 484 g/mol. The molecular weight excluding hydrogens is 472 g/mol. The molecule has 2 heterocycles. The van der Waals surface area contributed by atoms with Gasteiger partial charge in [0.25, 0.3) is 16.4 Å². The first-order chi connectivity index (χ1) is 14.3. The Kier molecular flexibility index (Phi) is 4.93. The molecule has 1 fully saturated rings. The minimum Gasteiger partial charge on any atom is -0.342 e. The Labute approximate surface area is 176 Å². The third-order valence-corrected chi connectivity index (χ3v) is 6.79. The minimum atomic E-state index is -4.49. The van der Waals surface area contributed by atoms with Gasteiger partial charge in [0.05, 0.1) is 33.9 Å². The zero-order chi connectivity index (χ0) is 22.8. The van der Waals surface area contributed by atoms with Crippen molar-refractivity contribution < 1.29 is 34.8 Å². The van der Waals surface area contributed by atoms with Crippen LogP contribution in [0.1, 0.15) is 12.0 Å². The molecule has 4 rings (SSSR count). The van der Waals surface area contributed by atoms with Crippen molar-refractivity contribution in [2.75, 3.05) is 18.0 Å². The van der Waals surface area contributed by atoms with Crippen molar-refractivity contribution in [3.63, 3.8) is 0 Å². The van der Waals surface area contributed by atoms with E-state index in [0.29, 0.717) is 8.99 Å². The van der Waals surface area contributed by atoms with Crippen molar-refractivity contribution >= 4 is 38.3 Å². The number of hydrogen-bond acceptors (Lipinski definition) is 4. The number of rotatable bonds is 4. The summed E-state index contributed by atoms with van der Waals surface area (Å²) in [7, 11) is -4.49. The molecule has 1 aromatic heterocycles. The van der Waals surface area contributed by atoms with Crippen molar-refractivity contribution in [2.45, 2.75) is 23.2 Å². The van der Waals surface area contributed by atoms with Gasteiger partial charge in [0.2, 0.25) is 0 Å². The highest BCUT2D eigenvalue weighted by Crippen LogP contribution is 2.45. The lowest BCUT2D eigenvalue weighted by Crippen LogP contribution is -2.38. The van der Waals surface area contributed by atoms with Crippen LogP contribution in [0.4, 0.5) is 32.2 Å². The molecule has 3 aromatic rings.